The number of carbonyl (C=O) groups excluding carboxylic acids is 1. The zero-order valence-corrected chi connectivity index (χ0v) is 18.2. The molecule has 156 valence electrons. The van der Waals surface area contributed by atoms with Gasteiger partial charge in [0.1, 0.15) is 5.52 Å². The Hall–Kier alpha value is -3.74. The quantitative estimate of drug-likeness (QED) is 0.306. The van der Waals surface area contributed by atoms with Crippen LogP contribution in [0.5, 0.6) is 0 Å². The summed E-state index contributed by atoms with van der Waals surface area (Å²) in [7, 11) is 0. The number of anilines is 1. The average Bonchev–Trinajstić information content (AvgIpc) is 3.24. The zero-order valence-electron chi connectivity index (χ0n) is 16.6. The summed E-state index contributed by atoms with van der Waals surface area (Å²) in [6, 6.07) is 26.0. The van der Waals surface area contributed by atoms with Crippen molar-refractivity contribution in [3.8, 4) is 11.5 Å². The molecule has 0 saturated carbocycles. The topological polar surface area (TPSA) is 67.2 Å². The molecule has 0 bridgehead atoms. The van der Waals surface area contributed by atoms with E-state index in [2.05, 4.69) is 15.6 Å². The lowest BCUT2D eigenvalue weighted by Crippen LogP contribution is -2.34. The minimum atomic E-state index is -0.307. The van der Waals surface area contributed by atoms with Crippen molar-refractivity contribution in [1.82, 2.24) is 10.3 Å². The normalized spacial score (nSPS) is 10.9. The Morgan fingerprint density at radius 3 is 2.44 bits per heavy atom. The second-order valence-corrected chi connectivity index (χ2v) is 7.93. The standard InChI is InChI=1S/C25H16ClN3O2S/c26-20-8-4-5-17-18(20)6-3-7-19(17)23(30)29-25(32)27-16-13-11-15(12-14-16)24-28-21-9-1-2-10-22(21)31-24/h1-14H,(H2,27,29,30,32). The highest BCUT2D eigenvalue weighted by Crippen LogP contribution is 2.27. The van der Waals surface area contributed by atoms with E-state index in [0.717, 1.165) is 33.1 Å². The number of para-hydroxylation sites is 2. The predicted octanol–water partition coefficient (Wildman–Crippen LogP) is 6.43. The van der Waals surface area contributed by atoms with Gasteiger partial charge in [0.15, 0.2) is 10.7 Å². The second-order valence-electron chi connectivity index (χ2n) is 7.11. The van der Waals surface area contributed by atoms with E-state index in [9.17, 15) is 4.79 Å². The summed E-state index contributed by atoms with van der Waals surface area (Å²) in [5.41, 5.74) is 3.62. The van der Waals surface area contributed by atoms with Gasteiger partial charge in [-0.1, -0.05) is 48.0 Å². The van der Waals surface area contributed by atoms with E-state index in [-0.39, 0.29) is 11.0 Å². The van der Waals surface area contributed by atoms with E-state index >= 15 is 0 Å². The molecule has 0 spiro atoms. The Kier molecular flexibility index (Phi) is 5.31. The van der Waals surface area contributed by atoms with Crippen LogP contribution in [-0.4, -0.2) is 16.0 Å². The molecule has 1 aromatic heterocycles. The molecular weight excluding hydrogens is 442 g/mol. The van der Waals surface area contributed by atoms with E-state index in [1.165, 1.54) is 0 Å². The molecule has 7 heteroatoms. The molecule has 2 N–H and O–H groups in total. The predicted molar refractivity (Wildman–Crippen MR) is 132 cm³/mol. The molecule has 1 heterocycles. The number of benzene rings is 4. The van der Waals surface area contributed by atoms with Crippen molar-refractivity contribution in [2.45, 2.75) is 0 Å². The van der Waals surface area contributed by atoms with Crippen molar-refractivity contribution < 1.29 is 9.21 Å². The molecule has 0 fully saturated rings. The number of nitrogens with one attached hydrogen (secondary N) is 2. The minimum absolute atomic E-state index is 0.198. The number of fused-ring (bicyclic) bond motifs is 2. The lowest BCUT2D eigenvalue weighted by atomic mass is 10.0. The van der Waals surface area contributed by atoms with Gasteiger partial charge in [-0.3, -0.25) is 10.1 Å². The Morgan fingerprint density at radius 1 is 0.875 bits per heavy atom. The highest BCUT2D eigenvalue weighted by molar-refractivity contribution is 7.80. The third-order valence-electron chi connectivity index (χ3n) is 5.02. The number of rotatable bonds is 3. The van der Waals surface area contributed by atoms with Crippen molar-refractivity contribution in [2.24, 2.45) is 0 Å². The maximum Gasteiger partial charge on any atom is 0.258 e. The van der Waals surface area contributed by atoms with Crippen molar-refractivity contribution in [3.05, 3.63) is 95.5 Å². The summed E-state index contributed by atoms with van der Waals surface area (Å²) in [6.45, 7) is 0. The number of nitrogens with zero attached hydrogens (tertiary/aromatic N) is 1. The number of halogens is 1. The van der Waals surface area contributed by atoms with Crippen LogP contribution in [0.25, 0.3) is 33.3 Å². The van der Waals surface area contributed by atoms with E-state index in [4.69, 9.17) is 28.2 Å². The van der Waals surface area contributed by atoms with E-state index < -0.39 is 0 Å². The number of carbonyl (C=O) groups is 1. The number of oxazole rings is 1. The van der Waals surface area contributed by atoms with Crippen molar-refractivity contribution in [2.75, 3.05) is 5.32 Å². The molecule has 1 amide bonds. The molecular formula is C25H16ClN3O2S. The Labute approximate surface area is 194 Å². The first-order valence-corrected chi connectivity index (χ1v) is 10.6. The van der Waals surface area contributed by atoms with Crippen LogP contribution in [0.15, 0.2) is 89.3 Å². The van der Waals surface area contributed by atoms with Gasteiger partial charge >= 0.3 is 0 Å². The Bertz CT molecular complexity index is 1450. The van der Waals surface area contributed by atoms with Gasteiger partial charge < -0.3 is 9.73 Å². The third-order valence-corrected chi connectivity index (χ3v) is 5.56. The van der Waals surface area contributed by atoms with Crippen LogP contribution >= 0.6 is 23.8 Å². The Morgan fingerprint density at radius 2 is 1.62 bits per heavy atom. The zero-order chi connectivity index (χ0) is 22.1. The van der Waals surface area contributed by atoms with Gasteiger partial charge in [0.05, 0.1) is 0 Å². The summed E-state index contributed by atoms with van der Waals surface area (Å²) in [6.07, 6.45) is 0. The molecule has 5 aromatic rings. The second kappa shape index (κ2) is 8.42. The molecule has 0 atom stereocenters. The molecule has 5 nitrogen and oxygen atoms in total. The van der Waals surface area contributed by atoms with Crippen LogP contribution in [0.2, 0.25) is 5.02 Å². The van der Waals surface area contributed by atoms with E-state index in [1.807, 2.05) is 66.7 Å². The van der Waals surface area contributed by atoms with Crippen molar-refractivity contribution in [1.29, 1.82) is 0 Å². The summed E-state index contributed by atoms with van der Waals surface area (Å²) in [5.74, 6) is 0.238. The monoisotopic (exact) mass is 457 g/mol. The van der Waals surface area contributed by atoms with Gasteiger partial charge in [0, 0.05) is 27.2 Å². The summed E-state index contributed by atoms with van der Waals surface area (Å²) in [5, 5.41) is 8.13. The van der Waals surface area contributed by atoms with Crippen LogP contribution in [0.1, 0.15) is 10.4 Å². The lowest BCUT2D eigenvalue weighted by Gasteiger charge is -2.11. The van der Waals surface area contributed by atoms with Crippen LogP contribution in [0, 0.1) is 0 Å². The van der Waals surface area contributed by atoms with Gasteiger partial charge in [-0.05, 0) is 66.1 Å². The number of amides is 1. The largest absolute Gasteiger partial charge is 0.436 e. The maximum absolute atomic E-state index is 12.8. The van der Waals surface area contributed by atoms with Gasteiger partial charge in [-0.15, -0.1) is 0 Å². The summed E-state index contributed by atoms with van der Waals surface area (Å²) in [4.78, 5) is 17.3. The van der Waals surface area contributed by atoms with Gasteiger partial charge in [-0.25, -0.2) is 4.98 Å². The fourth-order valence-corrected chi connectivity index (χ4v) is 3.94. The SMILES string of the molecule is O=C(NC(=S)Nc1ccc(-c2nc3ccccc3o2)cc1)c1cccc2c(Cl)cccc12. The average molecular weight is 458 g/mol. The molecule has 0 unspecified atom stereocenters. The number of hydrogen-bond acceptors (Lipinski definition) is 4. The fraction of sp³-hybridized carbons (Fsp3) is 0. The first-order chi connectivity index (χ1) is 15.6. The number of aromatic nitrogens is 1. The van der Waals surface area contributed by atoms with Gasteiger partial charge in [0.2, 0.25) is 5.89 Å². The molecule has 0 radical (unpaired) electrons. The molecule has 5 rings (SSSR count). The lowest BCUT2D eigenvalue weighted by molar-refractivity contribution is 0.0979. The summed E-state index contributed by atoms with van der Waals surface area (Å²) >= 11 is 11.6. The smallest absolute Gasteiger partial charge is 0.258 e. The van der Waals surface area contributed by atoms with Gasteiger partial charge in [-0.2, -0.15) is 0 Å². The molecule has 0 saturated heterocycles. The van der Waals surface area contributed by atoms with E-state index in [1.54, 1.807) is 18.2 Å². The molecule has 0 aliphatic rings. The van der Waals surface area contributed by atoms with Crippen LogP contribution < -0.4 is 10.6 Å². The minimum Gasteiger partial charge on any atom is -0.436 e. The van der Waals surface area contributed by atoms with Crippen molar-refractivity contribution in [3.63, 3.8) is 0 Å². The van der Waals surface area contributed by atoms with Crippen LogP contribution in [0.3, 0.4) is 0 Å². The summed E-state index contributed by atoms with van der Waals surface area (Å²) < 4.78 is 5.80. The first kappa shape index (κ1) is 20.2. The maximum atomic E-state index is 12.8. The van der Waals surface area contributed by atoms with Crippen molar-refractivity contribution >= 4 is 62.4 Å². The highest BCUT2D eigenvalue weighted by Gasteiger charge is 2.13. The molecule has 0 aliphatic carbocycles. The molecule has 0 aliphatic heterocycles. The van der Waals surface area contributed by atoms with Crippen LogP contribution in [0.4, 0.5) is 5.69 Å². The fourth-order valence-electron chi connectivity index (χ4n) is 3.49. The highest BCUT2D eigenvalue weighted by atomic mass is 35.5. The van der Waals surface area contributed by atoms with Crippen LogP contribution in [-0.2, 0) is 0 Å². The molecule has 4 aromatic carbocycles. The van der Waals surface area contributed by atoms with Gasteiger partial charge in [0.25, 0.3) is 5.91 Å². The Balaban J connectivity index is 1.29. The number of thiocarbonyl (C=S) groups is 1. The van der Waals surface area contributed by atoms with E-state index in [0.29, 0.717) is 16.5 Å². The number of hydrogen-bond donors (Lipinski definition) is 2. The molecule has 32 heavy (non-hydrogen) atoms. The first-order valence-electron chi connectivity index (χ1n) is 9.84. The third kappa shape index (κ3) is 3.93.